The van der Waals surface area contributed by atoms with Gasteiger partial charge in [0, 0.05) is 25.5 Å². The predicted octanol–water partition coefficient (Wildman–Crippen LogP) is 1.21. The molecule has 1 saturated carbocycles. The third-order valence-corrected chi connectivity index (χ3v) is 4.44. The van der Waals surface area contributed by atoms with Gasteiger partial charge in [-0.2, -0.15) is 0 Å². The molecule has 1 aliphatic carbocycles. The lowest BCUT2D eigenvalue weighted by Gasteiger charge is -2.36. The highest BCUT2D eigenvalue weighted by Gasteiger charge is 2.40. The van der Waals surface area contributed by atoms with Crippen LogP contribution >= 0.6 is 0 Å². The zero-order chi connectivity index (χ0) is 13.1. The Balaban J connectivity index is 1.45. The highest BCUT2D eigenvalue weighted by molar-refractivity contribution is 5.79. The van der Waals surface area contributed by atoms with Gasteiger partial charge in [-0.05, 0) is 25.7 Å². The lowest BCUT2D eigenvalue weighted by atomic mass is 9.89. The van der Waals surface area contributed by atoms with Crippen LogP contribution in [0.5, 0.6) is 0 Å². The van der Waals surface area contributed by atoms with E-state index in [0.29, 0.717) is 19.8 Å². The van der Waals surface area contributed by atoms with Gasteiger partial charge in [0.25, 0.3) is 0 Å². The van der Waals surface area contributed by atoms with Crippen LogP contribution in [0.15, 0.2) is 0 Å². The van der Waals surface area contributed by atoms with Gasteiger partial charge < -0.3 is 19.5 Å². The molecule has 2 heterocycles. The molecule has 3 aliphatic rings. The molecule has 1 unspecified atom stereocenters. The van der Waals surface area contributed by atoms with Crippen molar-refractivity contribution in [1.29, 1.82) is 0 Å². The lowest BCUT2D eigenvalue weighted by molar-refractivity contribution is -0.180. The number of ether oxygens (including phenoxy) is 3. The van der Waals surface area contributed by atoms with E-state index in [9.17, 15) is 4.79 Å². The van der Waals surface area contributed by atoms with Gasteiger partial charge in [0.2, 0.25) is 5.91 Å². The van der Waals surface area contributed by atoms with Crippen molar-refractivity contribution in [2.45, 2.75) is 50.4 Å². The first-order valence-corrected chi connectivity index (χ1v) is 7.43. The summed E-state index contributed by atoms with van der Waals surface area (Å²) in [6.45, 7) is 2.78. The average Bonchev–Trinajstić information content (AvgIpc) is 2.91. The summed E-state index contributed by atoms with van der Waals surface area (Å²) in [4.78, 5) is 12.1. The van der Waals surface area contributed by atoms with E-state index >= 15 is 0 Å². The molecule has 108 valence electrons. The topological polar surface area (TPSA) is 56.8 Å². The smallest absolute Gasteiger partial charge is 0.225 e. The molecule has 3 fully saturated rings. The SMILES string of the molecule is O=C(NC1CCC2(CC1)OCCO2)C1CCCOC1. The molecule has 19 heavy (non-hydrogen) atoms. The number of amides is 1. The number of nitrogens with one attached hydrogen (secondary N) is 1. The van der Waals surface area contributed by atoms with Crippen LogP contribution in [0.2, 0.25) is 0 Å². The van der Waals surface area contributed by atoms with Crippen molar-refractivity contribution in [2.75, 3.05) is 26.4 Å². The molecule has 0 radical (unpaired) electrons. The molecule has 2 aliphatic heterocycles. The molecule has 0 aromatic carbocycles. The third kappa shape index (κ3) is 3.09. The summed E-state index contributed by atoms with van der Waals surface area (Å²) >= 11 is 0. The molecule has 0 aromatic heterocycles. The minimum Gasteiger partial charge on any atom is -0.381 e. The Morgan fingerprint density at radius 1 is 1.05 bits per heavy atom. The van der Waals surface area contributed by atoms with Gasteiger partial charge in [0.05, 0.1) is 25.7 Å². The van der Waals surface area contributed by atoms with Crippen molar-refractivity contribution in [3.05, 3.63) is 0 Å². The minimum absolute atomic E-state index is 0.0450. The molecule has 5 nitrogen and oxygen atoms in total. The van der Waals surface area contributed by atoms with Gasteiger partial charge in [0.15, 0.2) is 5.79 Å². The Hall–Kier alpha value is -0.650. The van der Waals surface area contributed by atoms with E-state index in [-0.39, 0.29) is 23.7 Å². The molecule has 0 aromatic rings. The quantitative estimate of drug-likeness (QED) is 0.819. The van der Waals surface area contributed by atoms with Gasteiger partial charge >= 0.3 is 0 Å². The zero-order valence-corrected chi connectivity index (χ0v) is 11.4. The maximum Gasteiger partial charge on any atom is 0.225 e. The average molecular weight is 269 g/mol. The molecule has 1 N–H and O–H groups in total. The Bertz CT molecular complexity index is 311. The maximum absolute atomic E-state index is 12.1. The Morgan fingerprint density at radius 2 is 1.79 bits per heavy atom. The van der Waals surface area contributed by atoms with Crippen LogP contribution in [0.25, 0.3) is 0 Å². The Labute approximate surface area is 114 Å². The van der Waals surface area contributed by atoms with Crippen molar-refractivity contribution in [1.82, 2.24) is 5.32 Å². The van der Waals surface area contributed by atoms with Crippen molar-refractivity contribution in [2.24, 2.45) is 5.92 Å². The summed E-state index contributed by atoms with van der Waals surface area (Å²) in [7, 11) is 0. The first-order chi connectivity index (χ1) is 9.27. The molecule has 5 heteroatoms. The Kier molecular flexibility index (Phi) is 4.05. The first kappa shape index (κ1) is 13.3. The highest BCUT2D eigenvalue weighted by Crippen LogP contribution is 2.35. The number of hydrogen-bond acceptors (Lipinski definition) is 4. The summed E-state index contributed by atoms with van der Waals surface area (Å²) in [5, 5.41) is 3.16. The third-order valence-electron chi connectivity index (χ3n) is 4.44. The van der Waals surface area contributed by atoms with Crippen LogP contribution in [-0.4, -0.2) is 44.2 Å². The Morgan fingerprint density at radius 3 is 2.42 bits per heavy atom. The summed E-state index contributed by atoms with van der Waals surface area (Å²) in [6, 6.07) is 0.271. The number of rotatable bonds is 2. The second-order valence-corrected chi connectivity index (χ2v) is 5.80. The van der Waals surface area contributed by atoms with Gasteiger partial charge in [0.1, 0.15) is 0 Å². The molecule has 3 rings (SSSR count). The van der Waals surface area contributed by atoms with Crippen LogP contribution in [-0.2, 0) is 19.0 Å². The maximum atomic E-state index is 12.1. The molecule has 1 atom stereocenters. The van der Waals surface area contributed by atoms with Crippen molar-refractivity contribution >= 4 is 5.91 Å². The normalized spacial score (nSPS) is 31.5. The second-order valence-electron chi connectivity index (χ2n) is 5.80. The van der Waals surface area contributed by atoms with E-state index in [1.165, 1.54) is 0 Å². The van der Waals surface area contributed by atoms with E-state index in [1.54, 1.807) is 0 Å². The number of hydrogen-bond donors (Lipinski definition) is 1. The van der Waals surface area contributed by atoms with Crippen LogP contribution < -0.4 is 5.32 Å². The molecule has 1 amide bonds. The minimum atomic E-state index is -0.338. The number of carbonyl (C=O) groups excluding carboxylic acids is 1. The van der Waals surface area contributed by atoms with Crippen molar-refractivity contribution in [3.8, 4) is 0 Å². The largest absolute Gasteiger partial charge is 0.381 e. The van der Waals surface area contributed by atoms with Crippen LogP contribution in [0.4, 0.5) is 0 Å². The second kappa shape index (κ2) is 5.77. The van der Waals surface area contributed by atoms with E-state index < -0.39 is 0 Å². The van der Waals surface area contributed by atoms with Crippen molar-refractivity contribution < 1.29 is 19.0 Å². The van der Waals surface area contributed by atoms with Gasteiger partial charge in [-0.15, -0.1) is 0 Å². The molecule has 2 saturated heterocycles. The van der Waals surface area contributed by atoms with Crippen LogP contribution in [0.1, 0.15) is 38.5 Å². The fourth-order valence-corrected chi connectivity index (χ4v) is 3.25. The van der Waals surface area contributed by atoms with E-state index in [4.69, 9.17) is 14.2 Å². The summed E-state index contributed by atoms with van der Waals surface area (Å²) in [6.07, 6.45) is 5.61. The molecular formula is C14H23NO4. The highest BCUT2D eigenvalue weighted by atomic mass is 16.7. The van der Waals surface area contributed by atoms with Crippen LogP contribution in [0.3, 0.4) is 0 Å². The van der Waals surface area contributed by atoms with Gasteiger partial charge in [-0.1, -0.05) is 0 Å². The molecule has 0 bridgehead atoms. The fourth-order valence-electron chi connectivity index (χ4n) is 3.25. The molecular weight excluding hydrogens is 246 g/mol. The van der Waals surface area contributed by atoms with Crippen molar-refractivity contribution in [3.63, 3.8) is 0 Å². The standard InChI is InChI=1S/C14H23NO4/c16-13(11-2-1-7-17-10-11)15-12-3-5-14(6-4-12)18-8-9-19-14/h11-12H,1-10H2,(H,15,16). The number of carbonyl (C=O) groups is 1. The summed E-state index contributed by atoms with van der Waals surface area (Å²) < 4.78 is 16.8. The fraction of sp³-hybridized carbons (Fsp3) is 0.929. The summed E-state index contributed by atoms with van der Waals surface area (Å²) in [5.41, 5.74) is 0. The van der Waals surface area contributed by atoms with Gasteiger partial charge in [-0.3, -0.25) is 4.79 Å². The monoisotopic (exact) mass is 269 g/mol. The molecule has 1 spiro atoms. The first-order valence-electron chi connectivity index (χ1n) is 7.43. The van der Waals surface area contributed by atoms with Gasteiger partial charge in [-0.25, -0.2) is 0 Å². The van der Waals surface area contributed by atoms with Crippen LogP contribution in [0, 0.1) is 5.92 Å². The lowest BCUT2D eigenvalue weighted by Crippen LogP contribution is -2.46. The van der Waals surface area contributed by atoms with E-state index in [2.05, 4.69) is 5.32 Å². The summed E-state index contributed by atoms with van der Waals surface area (Å²) in [5.74, 6) is -0.132. The van der Waals surface area contributed by atoms with E-state index in [0.717, 1.165) is 45.1 Å². The zero-order valence-electron chi connectivity index (χ0n) is 11.4. The predicted molar refractivity (Wildman–Crippen MR) is 68.6 cm³/mol. The van der Waals surface area contributed by atoms with E-state index in [1.807, 2.05) is 0 Å².